The molecule has 1 atom stereocenters. The van der Waals surface area contributed by atoms with E-state index in [0.717, 1.165) is 17.9 Å². The number of hydrogen-bond donors (Lipinski definition) is 1. The fourth-order valence-electron chi connectivity index (χ4n) is 2.35. The first-order valence-electron chi connectivity index (χ1n) is 7.37. The molecule has 0 saturated carbocycles. The van der Waals surface area contributed by atoms with Gasteiger partial charge in [-0.3, -0.25) is 0 Å². The standard InChI is InChI=1S/C15H33N/c1-6-11-16-15(12-13(4)5)10-9-14(7-2)8-3/h13-16H,6-12H2,1-5H3. The van der Waals surface area contributed by atoms with Crippen LogP contribution in [0.4, 0.5) is 0 Å². The molecule has 0 radical (unpaired) electrons. The van der Waals surface area contributed by atoms with Crippen molar-refractivity contribution >= 4 is 0 Å². The third-order valence-electron chi connectivity index (χ3n) is 3.52. The lowest BCUT2D eigenvalue weighted by atomic mass is 9.92. The van der Waals surface area contributed by atoms with Crippen molar-refractivity contribution in [1.82, 2.24) is 5.32 Å². The SMILES string of the molecule is CCCNC(CCC(CC)CC)CC(C)C. The Kier molecular flexibility index (Phi) is 10.1. The quantitative estimate of drug-likeness (QED) is 0.574. The summed E-state index contributed by atoms with van der Waals surface area (Å²) in [6.07, 6.45) is 8.04. The topological polar surface area (TPSA) is 12.0 Å². The Bertz CT molecular complexity index is 138. The molecule has 0 aromatic rings. The number of rotatable bonds is 10. The first-order valence-corrected chi connectivity index (χ1v) is 7.37. The average Bonchev–Trinajstić information content (AvgIpc) is 2.26. The fourth-order valence-corrected chi connectivity index (χ4v) is 2.35. The van der Waals surface area contributed by atoms with Gasteiger partial charge in [-0.25, -0.2) is 0 Å². The summed E-state index contributed by atoms with van der Waals surface area (Å²) in [7, 11) is 0. The van der Waals surface area contributed by atoms with Gasteiger partial charge >= 0.3 is 0 Å². The van der Waals surface area contributed by atoms with E-state index >= 15 is 0 Å². The highest BCUT2D eigenvalue weighted by Gasteiger charge is 2.12. The molecule has 0 aromatic carbocycles. The number of nitrogens with one attached hydrogen (secondary N) is 1. The molecular weight excluding hydrogens is 194 g/mol. The highest BCUT2D eigenvalue weighted by atomic mass is 14.9. The van der Waals surface area contributed by atoms with Crippen molar-refractivity contribution in [2.24, 2.45) is 11.8 Å². The Balaban J connectivity index is 3.89. The predicted octanol–water partition coefficient (Wildman–Crippen LogP) is 4.62. The van der Waals surface area contributed by atoms with E-state index in [1.54, 1.807) is 0 Å². The van der Waals surface area contributed by atoms with Gasteiger partial charge in [0.2, 0.25) is 0 Å². The molecule has 0 bridgehead atoms. The van der Waals surface area contributed by atoms with Gasteiger partial charge in [-0.05, 0) is 44.1 Å². The van der Waals surface area contributed by atoms with Crippen LogP contribution in [0.3, 0.4) is 0 Å². The summed E-state index contributed by atoms with van der Waals surface area (Å²) in [4.78, 5) is 0. The third kappa shape index (κ3) is 8.15. The molecule has 0 saturated heterocycles. The summed E-state index contributed by atoms with van der Waals surface area (Å²) < 4.78 is 0. The highest BCUT2D eigenvalue weighted by Crippen LogP contribution is 2.18. The molecule has 0 aliphatic rings. The van der Waals surface area contributed by atoms with E-state index in [-0.39, 0.29) is 0 Å². The predicted molar refractivity (Wildman–Crippen MR) is 74.8 cm³/mol. The molecule has 0 rings (SSSR count). The lowest BCUT2D eigenvalue weighted by molar-refractivity contribution is 0.347. The summed E-state index contributed by atoms with van der Waals surface area (Å²) in [5.41, 5.74) is 0. The molecule has 98 valence electrons. The Hall–Kier alpha value is -0.0400. The van der Waals surface area contributed by atoms with Crippen molar-refractivity contribution in [3.8, 4) is 0 Å². The monoisotopic (exact) mass is 227 g/mol. The van der Waals surface area contributed by atoms with E-state index in [9.17, 15) is 0 Å². The molecule has 0 fully saturated rings. The van der Waals surface area contributed by atoms with Crippen LogP contribution < -0.4 is 5.32 Å². The highest BCUT2D eigenvalue weighted by molar-refractivity contribution is 4.70. The van der Waals surface area contributed by atoms with Gasteiger partial charge < -0.3 is 5.32 Å². The second-order valence-corrected chi connectivity index (χ2v) is 5.54. The minimum Gasteiger partial charge on any atom is -0.314 e. The van der Waals surface area contributed by atoms with Crippen LogP contribution in [-0.2, 0) is 0 Å². The van der Waals surface area contributed by atoms with Crippen molar-refractivity contribution in [2.45, 2.75) is 79.2 Å². The zero-order valence-electron chi connectivity index (χ0n) is 12.2. The van der Waals surface area contributed by atoms with Crippen molar-refractivity contribution < 1.29 is 0 Å². The zero-order chi connectivity index (χ0) is 12.4. The molecule has 1 nitrogen and oxygen atoms in total. The van der Waals surface area contributed by atoms with Gasteiger partial charge in [-0.2, -0.15) is 0 Å². The molecule has 1 unspecified atom stereocenters. The van der Waals surface area contributed by atoms with E-state index in [1.165, 1.54) is 45.1 Å². The van der Waals surface area contributed by atoms with Crippen molar-refractivity contribution in [2.75, 3.05) is 6.54 Å². The van der Waals surface area contributed by atoms with E-state index in [0.29, 0.717) is 0 Å². The molecule has 0 aromatic heterocycles. The van der Waals surface area contributed by atoms with Crippen molar-refractivity contribution in [3.63, 3.8) is 0 Å². The Labute approximate surface area is 103 Å². The van der Waals surface area contributed by atoms with Gasteiger partial charge in [0, 0.05) is 6.04 Å². The Morgan fingerprint density at radius 3 is 2.00 bits per heavy atom. The summed E-state index contributed by atoms with van der Waals surface area (Å²) >= 11 is 0. The molecule has 0 heterocycles. The maximum atomic E-state index is 3.70. The molecule has 1 heteroatoms. The van der Waals surface area contributed by atoms with Gasteiger partial charge in [0.15, 0.2) is 0 Å². The van der Waals surface area contributed by atoms with Crippen LogP contribution in [0.5, 0.6) is 0 Å². The van der Waals surface area contributed by atoms with Gasteiger partial charge in [0.1, 0.15) is 0 Å². The van der Waals surface area contributed by atoms with E-state index in [4.69, 9.17) is 0 Å². The number of hydrogen-bond acceptors (Lipinski definition) is 1. The second-order valence-electron chi connectivity index (χ2n) is 5.54. The van der Waals surface area contributed by atoms with Crippen LogP contribution in [-0.4, -0.2) is 12.6 Å². The normalized spacial score (nSPS) is 13.7. The minimum atomic E-state index is 0.751. The van der Waals surface area contributed by atoms with Crippen LogP contribution in [0.2, 0.25) is 0 Å². The van der Waals surface area contributed by atoms with Crippen molar-refractivity contribution in [3.05, 3.63) is 0 Å². The minimum absolute atomic E-state index is 0.751. The Morgan fingerprint density at radius 1 is 0.938 bits per heavy atom. The molecule has 0 spiro atoms. The maximum Gasteiger partial charge on any atom is 0.00695 e. The van der Waals surface area contributed by atoms with Crippen LogP contribution in [0.15, 0.2) is 0 Å². The molecule has 0 aliphatic heterocycles. The zero-order valence-corrected chi connectivity index (χ0v) is 12.2. The Morgan fingerprint density at radius 2 is 1.56 bits per heavy atom. The maximum absolute atomic E-state index is 3.70. The summed E-state index contributed by atoms with van der Waals surface area (Å²) in [6, 6.07) is 0.751. The largest absolute Gasteiger partial charge is 0.314 e. The van der Waals surface area contributed by atoms with Gasteiger partial charge in [-0.15, -0.1) is 0 Å². The summed E-state index contributed by atoms with van der Waals surface area (Å²) in [6.45, 7) is 12.7. The molecule has 1 N–H and O–H groups in total. The fraction of sp³-hybridized carbons (Fsp3) is 1.00. The third-order valence-corrected chi connectivity index (χ3v) is 3.52. The smallest absolute Gasteiger partial charge is 0.00695 e. The summed E-state index contributed by atoms with van der Waals surface area (Å²) in [5.74, 6) is 1.76. The van der Waals surface area contributed by atoms with Gasteiger partial charge in [0.25, 0.3) is 0 Å². The molecule has 16 heavy (non-hydrogen) atoms. The van der Waals surface area contributed by atoms with Crippen LogP contribution in [0.25, 0.3) is 0 Å². The molecule has 0 aliphatic carbocycles. The lowest BCUT2D eigenvalue weighted by Crippen LogP contribution is -2.31. The van der Waals surface area contributed by atoms with Crippen LogP contribution in [0, 0.1) is 11.8 Å². The van der Waals surface area contributed by atoms with Gasteiger partial charge in [-0.1, -0.05) is 47.5 Å². The van der Waals surface area contributed by atoms with Crippen LogP contribution >= 0.6 is 0 Å². The summed E-state index contributed by atoms with van der Waals surface area (Å²) in [5, 5.41) is 3.70. The average molecular weight is 227 g/mol. The first-order chi connectivity index (χ1) is 7.63. The van der Waals surface area contributed by atoms with Crippen LogP contribution in [0.1, 0.15) is 73.1 Å². The second kappa shape index (κ2) is 10.1. The van der Waals surface area contributed by atoms with E-state index < -0.39 is 0 Å². The molecular formula is C15H33N. The van der Waals surface area contributed by atoms with Gasteiger partial charge in [0.05, 0.1) is 0 Å². The lowest BCUT2D eigenvalue weighted by Gasteiger charge is -2.22. The first kappa shape index (κ1) is 16.0. The molecule has 0 amide bonds. The van der Waals surface area contributed by atoms with E-state index in [2.05, 4.69) is 39.9 Å². The van der Waals surface area contributed by atoms with E-state index in [1.807, 2.05) is 0 Å². The van der Waals surface area contributed by atoms with Crippen molar-refractivity contribution in [1.29, 1.82) is 0 Å².